The second-order valence-electron chi connectivity index (χ2n) is 7.06. The second kappa shape index (κ2) is 8.12. The Labute approximate surface area is 178 Å². The SMILES string of the molecule is CC(C)Oc1ccc(/C(O)=C2/C(=O)C(=O)N(c3ccccn3)C2c2cccs2)cc1. The molecule has 152 valence electrons. The van der Waals surface area contributed by atoms with Gasteiger partial charge in [-0.15, -0.1) is 11.3 Å². The number of anilines is 1. The summed E-state index contributed by atoms with van der Waals surface area (Å²) in [6, 6.07) is 14.9. The minimum Gasteiger partial charge on any atom is -0.507 e. The fourth-order valence-corrected chi connectivity index (χ4v) is 4.22. The minimum absolute atomic E-state index is 0.0203. The van der Waals surface area contributed by atoms with Crippen molar-refractivity contribution in [1.82, 2.24) is 4.98 Å². The molecule has 0 aliphatic carbocycles. The van der Waals surface area contributed by atoms with Gasteiger partial charge in [0.25, 0.3) is 5.78 Å². The van der Waals surface area contributed by atoms with Gasteiger partial charge in [-0.2, -0.15) is 0 Å². The monoisotopic (exact) mass is 420 g/mol. The van der Waals surface area contributed by atoms with E-state index in [0.29, 0.717) is 17.1 Å². The minimum atomic E-state index is -0.744. The van der Waals surface area contributed by atoms with Crippen molar-refractivity contribution in [2.75, 3.05) is 4.90 Å². The highest BCUT2D eigenvalue weighted by Crippen LogP contribution is 2.42. The van der Waals surface area contributed by atoms with Crippen LogP contribution in [0.4, 0.5) is 5.82 Å². The summed E-state index contributed by atoms with van der Waals surface area (Å²) in [5, 5.41) is 12.9. The number of pyridine rings is 1. The quantitative estimate of drug-likeness (QED) is 0.372. The first-order valence-corrected chi connectivity index (χ1v) is 10.4. The highest BCUT2D eigenvalue weighted by Gasteiger charge is 2.47. The van der Waals surface area contributed by atoms with Crippen LogP contribution < -0.4 is 9.64 Å². The third-order valence-corrected chi connectivity index (χ3v) is 5.58. The number of carbonyl (C=O) groups is 2. The number of aliphatic hydroxyl groups excluding tert-OH is 1. The van der Waals surface area contributed by atoms with Gasteiger partial charge in [0.1, 0.15) is 23.4 Å². The number of Topliss-reactive ketones (excluding diaryl/α,β-unsaturated/α-hetero) is 1. The summed E-state index contributed by atoms with van der Waals surface area (Å²) >= 11 is 1.41. The number of ether oxygens (including phenoxy) is 1. The first kappa shape index (κ1) is 19.8. The van der Waals surface area contributed by atoms with E-state index in [-0.39, 0.29) is 17.4 Å². The van der Waals surface area contributed by atoms with Crippen molar-refractivity contribution in [3.05, 3.63) is 82.2 Å². The zero-order chi connectivity index (χ0) is 21.3. The van der Waals surface area contributed by atoms with E-state index >= 15 is 0 Å². The lowest BCUT2D eigenvalue weighted by atomic mass is 10.00. The van der Waals surface area contributed by atoms with Crippen molar-refractivity contribution in [3.63, 3.8) is 0 Å². The maximum atomic E-state index is 13.0. The van der Waals surface area contributed by atoms with Crippen LogP contribution in [-0.2, 0) is 9.59 Å². The van der Waals surface area contributed by atoms with Gasteiger partial charge in [0.05, 0.1) is 11.7 Å². The number of hydrogen-bond acceptors (Lipinski definition) is 6. The molecule has 0 radical (unpaired) electrons. The van der Waals surface area contributed by atoms with Gasteiger partial charge < -0.3 is 9.84 Å². The van der Waals surface area contributed by atoms with Gasteiger partial charge in [-0.3, -0.25) is 14.5 Å². The average Bonchev–Trinajstić information content (AvgIpc) is 3.35. The van der Waals surface area contributed by atoms with Gasteiger partial charge in [0.15, 0.2) is 0 Å². The van der Waals surface area contributed by atoms with Crippen LogP contribution in [0.3, 0.4) is 0 Å². The number of nitrogens with zero attached hydrogens (tertiary/aromatic N) is 2. The van der Waals surface area contributed by atoms with Crippen molar-refractivity contribution < 1.29 is 19.4 Å². The van der Waals surface area contributed by atoms with Crippen molar-refractivity contribution >= 4 is 34.6 Å². The van der Waals surface area contributed by atoms with E-state index in [0.717, 1.165) is 4.88 Å². The first-order chi connectivity index (χ1) is 14.5. The maximum Gasteiger partial charge on any atom is 0.301 e. The van der Waals surface area contributed by atoms with Crippen molar-refractivity contribution in [1.29, 1.82) is 0 Å². The molecule has 30 heavy (non-hydrogen) atoms. The van der Waals surface area contributed by atoms with Crippen LogP contribution in [0.1, 0.15) is 30.3 Å². The number of aliphatic hydroxyl groups is 1. The van der Waals surface area contributed by atoms with E-state index in [4.69, 9.17) is 4.74 Å². The summed E-state index contributed by atoms with van der Waals surface area (Å²) in [5.74, 6) is -0.656. The van der Waals surface area contributed by atoms with Crippen LogP contribution in [0.15, 0.2) is 71.7 Å². The molecule has 0 bridgehead atoms. The summed E-state index contributed by atoms with van der Waals surface area (Å²) in [6.07, 6.45) is 1.58. The molecule has 1 saturated heterocycles. The van der Waals surface area contributed by atoms with Crippen LogP contribution >= 0.6 is 11.3 Å². The lowest BCUT2D eigenvalue weighted by Crippen LogP contribution is -2.29. The molecule has 1 N–H and O–H groups in total. The zero-order valence-corrected chi connectivity index (χ0v) is 17.3. The molecule has 3 heterocycles. The third-order valence-electron chi connectivity index (χ3n) is 4.65. The molecule has 1 aliphatic rings. The summed E-state index contributed by atoms with van der Waals surface area (Å²) < 4.78 is 5.63. The Kier molecular flexibility index (Phi) is 5.37. The number of thiophene rings is 1. The van der Waals surface area contributed by atoms with Crippen molar-refractivity contribution in [2.45, 2.75) is 26.0 Å². The number of rotatable bonds is 5. The molecule has 0 saturated carbocycles. The topological polar surface area (TPSA) is 79.7 Å². The van der Waals surface area contributed by atoms with E-state index in [2.05, 4.69) is 4.98 Å². The normalized spacial score (nSPS) is 18.2. The predicted octanol–water partition coefficient (Wildman–Crippen LogP) is 4.56. The standard InChI is InChI=1S/C23H20N2O4S/c1-14(2)29-16-10-8-15(9-11-16)21(26)19-20(17-6-5-13-30-17)25(23(28)22(19)27)18-7-3-4-12-24-18/h3-14,20,26H,1-2H3/b21-19-. The molecule has 1 amide bonds. The molecule has 2 aromatic heterocycles. The van der Waals surface area contributed by atoms with Gasteiger partial charge >= 0.3 is 5.91 Å². The van der Waals surface area contributed by atoms with E-state index in [1.54, 1.807) is 48.7 Å². The predicted molar refractivity (Wildman–Crippen MR) is 116 cm³/mol. The lowest BCUT2D eigenvalue weighted by molar-refractivity contribution is -0.132. The molecule has 1 atom stereocenters. The van der Waals surface area contributed by atoms with E-state index < -0.39 is 17.7 Å². The molecule has 1 unspecified atom stereocenters. The van der Waals surface area contributed by atoms with Crippen LogP contribution in [-0.4, -0.2) is 27.9 Å². The van der Waals surface area contributed by atoms with Gasteiger partial charge in [0, 0.05) is 16.6 Å². The van der Waals surface area contributed by atoms with Crippen molar-refractivity contribution in [3.8, 4) is 5.75 Å². The average molecular weight is 420 g/mol. The smallest absolute Gasteiger partial charge is 0.301 e. The molecule has 6 nitrogen and oxygen atoms in total. The molecule has 4 rings (SSSR count). The van der Waals surface area contributed by atoms with Gasteiger partial charge in [0.2, 0.25) is 0 Å². The van der Waals surface area contributed by atoms with Gasteiger partial charge in [-0.1, -0.05) is 12.1 Å². The number of hydrogen-bond donors (Lipinski definition) is 1. The number of aromatic nitrogens is 1. The van der Waals surface area contributed by atoms with Crippen LogP contribution in [0.25, 0.3) is 5.76 Å². The van der Waals surface area contributed by atoms with Crippen molar-refractivity contribution in [2.24, 2.45) is 0 Å². The maximum absolute atomic E-state index is 13.0. The second-order valence-corrected chi connectivity index (χ2v) is 8.04. The highest BCUT2D eigenvalue weighted by atomic mass is 32.1. The van der Waals surface area contributed by atoms with Gasteiger partial charge in [-0.05, 0) is 61.7 Å². The fourth-order valence-electron chi connectivity index (χ4n) is 3.40. The molecule has 1 fully saturated rings. The molecular formula is C23H20N2O4S. The fraction of sp³-hybridized carbons (Fsp3) is 0.174. The van der Waals surface area contributed by atoms with Crippen LogP contribution in [0.5, 0.6) is 5.75 Å². The van der Waals surface area contributed by atoms with E-state index in [1.807, 2.05) is 31.4 Å². The van der Waals surface area contributed by atoms with E-state index in [1.165, 1.54) is 16.2 Å². The van der Waals surface area contributed by atoms with Gasteiger partial charge in [-0.25, -0.2) is 4.98 Å². The molecule has 1 aliphatic heterocycles. The number of ketones is 1. The summed E-state index contributed by atoms with van der Waals surface area (Å²) in [5.41, 5.74) is 0.484. The summed E-state index contributed by atoms with van der Waals surface area (Å²) in [6.45, 7) is 3.85. The first-order valence-electron chi connectivity index (χ1n) is 9.50. The Morgan fingerprint density at radius 2 is 1.87 bits per heavy atom. The zero-order valence-electron chi connectivity index (χ0n) is 16.5. The third kappa shape index (κ3) is 3.59. The molecular weight excluding hydrogens is 400 g/mol. The Hall–Kier alpha value is -3.45. The lowest BCUT2D eigenvalue weighted by Gasteiger charge is -2.23. The Morgan fingerprint density at radius 1 is 1.10 bits per heavy atom. The highest BCUT2D eigenvalue weighted by molar-refractivity contribution is 7.10. The van der Waals surface area contributed by atoms with Crippen LogP contribution in [0.2, 0.25) is 0 Å². The van der Waals surface area contributed by atoms with Crippen LogP contribution in [0, 0.1) is 0 Å². The summed E-state index contributed by atoms with van der Waals surface area (Å²) in [4.78, 5) is 32.2. The molecule has 7 heteroatoms. The Bertz CT molecular complexity index is 1090. The Morgan fingerprint density at radius 3 is 2.47 bits per heavy atom. The number of amides is 1. The number of benzene rings is 1. The molecule has 3 aromatic rings. The molecule has 0 spiro atoms. The molecule has 1 aromatic carbocycles. The number of carbonyl (C=O) groups excluding carboxylic acids is 2. The Balaban J connectivity index is 1.82. The van der Waals surface area contributed by atoms with E-state index in [9.17, 15) is 14.7 Å². The largest absolute Gasteiger partial charge is 0.507 e. The summed E-state index contributed by atoms with van der Waals surface area (Å²) in [7, 11) is 0.